The van der Waals surface area contributed by atoms with E-state index < -0.39 is 4.92 Å². The van der Waals surface area contributed by atoms with Crippen molar-refractivity contribution in [2.75, 3.05) is 12.3 Å². The van der Waals surface area contributed by atoms with E-state index in [0.717, 1.165) is 11.1 Å². The van der Waals surface area contributed by atoms with Gasteiger partial charge in [-0.1, -0.05) is 24.3 Å². The van der Waals surface area contributed by atoms with Crippen LogP contribution in [0.2, 0.25) is 0 Å². The fourth-order valence-electron chi connectivity index (χ4n) is 2.24. The van der Waals surface area contributed by atoms with Crippen molar-refractivity contribution in [1.29, 1.82) is 0 Å². The van der Waals surface area contributed by atoms with E-state index in [1.807, 2.05) is 13.0 Å². The highest BCUT2D eigenvalue weighted by Crippen LogP contribution is 2.29. The maximum atomic E-state index is 12.8. The molecule has 2 rings (SSSR count). The van der Waals surface area contributed by atoms with Gasteiger partial charge < -0.3 is 5.32 Å². The van der Waals surface area contributed by atoms with Gasteiger partial charge in [0.05, 0.1) is 10.7 Å². The molecule has 0 aliphatic heterocycles. The van der Waals surface area contributed by atoms with Crippen molar-refractivity contribution < 1.29 is 14.1 Å². The van der Waals surface area contributed by atoms with E-state index in [1.54, 1.807) is 18.2 Å². The maximum Gasteiger partial charge on any atom is 0.269 e. The zero-order chi connectivity index (χ0) is 18.2. The Balaban J connectivity index is 1.74. The normalized spacial score (nSPS) is 11.8. The molecular formula is C18H19FN2O3S. The molecule has 1 N–H and O–H groups in total. The quantitative estimate of drug-likeness (QED) is 0.571. The molecule has 0 radical (unpaired) electrons. The summed E-state index contributed by atoms with van der Waals surface area (Å²) in [5, 5.41) is 13.6. The van der Waals surface area contributed by atoms with Gasteiger partial charge in [0.15, 0.2) is 0 Å². The highest BCUT2D eigenvalue weighted by atomic mass is 32.2. The molecule has 1 atom stereocenters. The van der Waals surface area contributed by atoms with Gasteiger partial charge in [-0.25, -0.2) is 4.39 Å². The summed E-state index contributed by atoms with van der Waals surface area (Å²) in [5.41, 5.74) is 1.83. The highest BCUT2D eigenvalue weighted by molar-refractivity contribution is 8.00. The summed E-state index contributed by atoms with van der Waals surface area (Å²) >= 11 is 1.42. The molecule has 2 aromatic carbocycles. The lowest BCUT2D eigenvalue weighted by Crippen LogP contribution is -2.27. The molecule has 0 fully saturated rings. The van der Waals surface area contributed by atoms with E-state index in [4.69, 9.17) is 0 Å². The molecule has 0 bridgehead atoms. The van der Waals surface area contributed by atoms with Gasteiger partial charge in [-0.05, 0) is 36.6 Å². The first-order valence-corrected chi connectivity index (χ1v) is 8.87. The lowest BCUT2D eigenvalue weighted by Gasteiger charge is -2.11. The number of hydrogen-bond donors (Lipinski definition) is 1. The van der Waals surface area contributed by atoms with Gasteiger partial charge in [0.25, 0.3) is 5.69 Å². The number of carbonyl (C=O) groups excluding carboxylic acids is 1. The molecule has 25 heavy (non-hydrogen) atoms. The summed E-state index contributed by atoms with van der Waals surface area (Å²) in [6, 6.07) is 12.6. The Labute approximate surface area is 149 Å². The third-order valence-corrected chi connectivity index (χ3v) is 4.86. The minimum atomic E-state index is -0.428. The van der Waals surface area contributed by atoms with Crippen LogP contribution in [0.25, 0.3) is 0 Å². The number of nitrogens with one attached hydrogen (secondary N) is 1. The van der Waals surface area contributed by atoms with Crippen LogP contribution in [-0.4, -0.2) is 23.1 Å². The molecule has 0 saturated carbocycles. The molecular weight excluding hydrogens is 343 g/mol. The smallest absolute Gasteiger partial charge is 0.269 e. The van der Waals surface area contributed by atoms with Gasteiger partial charge >= 0.3 is 0 Å². The van der Waals surface area contributed by atoms with Gasteiger partial charge in [-0.3, -0.25) is 14.9 Å². The van der Waals surface area contributed by atoms with Gasteiger partial charge in [0.1, 0.15) is 5.82 Å². The Hall–Kier alpha value is -2.41. The monoisotopic (exact) mass is 362 g/mol. The largest absolute Gasteiger partial charge is 0.355 e. The molecule has 0 heterocycles. The summed E-state index contributed by atoms with van der Waals surface area (Å²) in [6.45, 7) is 2.39. The molecule has 132 valence electrons. The van der Waals surface area contributed by atoms with E-state index in [0.29, 0.717) is 13.0 Å². The first-order chi connectivity index (χ1) is 12.0. The zero-order valence-electron chi connectivity index (χ0n) is 13.8. The second-order valence-corrected chi connectivity index (χ2v) is 6.86. The predicted molar refractivity (Wildman–Crippen MR) is 97.1 cm³/mol. The summed E-state index contributed by atoms with van der Waals surface area (Å²) in [6.07, 6.45) is 0.636. The number of amides is 1. The van der Waals surface area contributed by atoms with Gasteiger partial charge in [0, 0.05) is 23.9 Å². The minimum absolute atomic E-state index is 0.0252. The number of carbonyl (C=O) groups is 1. The average Bonchev–Trinajstić information content (AvgIpc) is 2.61. The SMILES string of the molecule is C[C@H](SCC(=O)NCCc1ccc(F)cc1)c1cccc([N+](=O)[O-])c1. The lowest BCUT2D eigenvalue weighted by molar-refractivity contribution is -0.384. The van der Waals surface area contributed by atoms with E-state index in [-0.39, 0.29) is 28.4 Å². The van der Waals surface area contributed by atoms with Crippen molar-refractivity contribution >= 4 is 23.4 Å². The van der Waals surface area contributed by atoms with Crippen LogP contribution in [-0.2, 0) is 11.2 Å². The first-order valence-electron chi connectivity index (χ1n) is 7.83. The zero-order valence-corrected chi connectivity index (χ0v) is 14.6. The Morgan fingerprint density at radius 2 is 2.00 bits per heavy atom. The molecule has 0 unspecified atom stereocenters. The minimum Gasteiger partial charge on any atom is -0.355 e. The standard InChI is InChI=1S/C18H19FN2O3S/c1-13(15-3-2-4-17(11-15)21(23)24)25-12-18(22)20-10-9-14-5-7-16(19)8-6-14/h2-8,11,13H,9-10,12H2,1H3,(H,20,22)/t13-/m0/s1. The fraction of sp³-hybridized carbons (Fsp3) is 0.278. The Morgan fingerprint density at radius 3 is 2.68 bits per heavy atom. The number of hydrogen-bond acceptors (Lipinski definition) is 4. The van der Waals surface area contributed by atoms with Crippen LogP contribution < -0.4 is 5.32 Å². The van der Waals surface area contributed by atoms with E-state index in [2.05, 4.69) is 5.32 Å². The Morgan fingerprint density at radius 1 is 1.28 bits per heavy atom. The van der Waals surface area contributed by atoms with Gasteiger partial charge in [-0.2, -0.15) is 0 Å². The van der Waals surface area contributed by atoms with Crippen LogP contribution in [0.15, 0.2) is 48.5 Å². The van der Waals surface area contributed by atoms with Crippen LogP contribution in [0.5, 0.6) is 0 Å². The van der Waals surface area contributed by atoms with Crippen LogP contribution in [0, 0.1) is 15.9 Å². The number of non-ortho nitro benzene ring substituents is 1. The van der Waals surface area contributed by atoms with Crippen LogP contribution in [0.4, 0.5) is 10.1 Å². The Kier molecular flexibility index (Phi) is 6.94. The van der Waals surface area contributed by atoms with Gasteiger partial charge in [-0.15, -0.1) is 11.8 Å². The van der Waals surface area contributed by atoms with E-state index in [9.17, 15) is 19.3 Å². The second kappa shape index (κ2) is 9.17. The third kappa shape index (κ3) is 6.19. The van der Waals surface area contributed by atoms with Crippen molar-refractivity contribution in [2.24, 2.45) is 0 Å². The molecule has 0 spiro atoms. The maximum absolute atomic E-state index is 12.8. The van der Waals surface area contributed by atoms with E-state index in [1.165, 1.54) is 36.0 Å². The summed E-state index contributed by atoms with van der Waals surface area (Å²) in [5.74, 6) is -0.100. The topological polar surface area (TPSA) is 72.2 Å². The third-order valence-electron chi connectivity index (χ3n) is 3.66. The van der Waals surface area contributed by atoms with Crippen molar-refractivity contribution in [1.82, 2.24) is 5.32 Å². The average molecular weight is 362 g/mol. The van der Waals surface area contributed by atoms with Crippen molar-refractivity contribution in [2.45, 2.75) is 18.6 Å². The molecule has 2 aromatic rings. The first kappa shape index (κ1) is 18.9. The summed E-state index contributed by atoms with van der Waals surface area (Å²) in [4.78, 5) is 22.3. The number of halogens is 1. The lowest BCUT2D eigenvalue weighted by atomic mass is 10.1. The number of nitrogens with zero attached hydrogens (tertiary/aromatic N) is 1. The second-order valence-electron chi connectivity index (χ2n) is 5.53. The number of rotatable bonds is 8. The van der Waals surface area contributed by atoms with Crippen LogP contribution >= 0.6 is 11.8 Å². The number of nitro groups is 1. The molecule has 0 aromatic heterocycles. The summed E-state index contributed by atoms with van der Waals surface area (Å²) in [7, 11) is 0. The number of thioether (sulfide) groups is 1. The molecule has 0 aliphatic rings. The Bertz CT molecular complexity index is 737. The molecule has 0 saturated heterocycles. The number of nitro benzene ring substituents is 1. The predicted octanol–water partition coefficient (Wildman–Crippen LogP) is 3.89. The molecule has 0 aliphatic carbocycles. The van der Waals surface area contributed by atoms with Crippen molar-refractivity contribution in [3.8, 4) is 0 Å². The van der Waals surface area contributed by atoms with Crippen LogP contribution in [0.1, 0.15) is 23.3 Å². The van der Waals surface area contributed by atoms with Crippen molar-refractivity contribution in [3.63, 3.8) is 0 Å². The van der Waals surface area contributed by atoms with Crippen molar-refractivity contribution in [3.05, 3.63) is 75.6 Å². The fourth-order valence-corrected chi connectivity index (χ4v) is 3.08. The highest BCUT2D eigenvalue weighted by Gasteiger charge is 2.13. The van der Waals surface area contributed by atoms with Crippen LogP contribution in [0.3, 0.4) is 0 Å². The number of benzene rings is 2. The van der Waals surface area contributed by atoms with E-state index >= 15 is 0 Å². The summed E-state index contributed by atoms with van der Waals surface area (Å²) < 4.78 is 12.8. The van der Waals surface area contributed by atoms with Gasteiger partial charge in [0.2, 0.25) is 5.91 Å². The molecule has 1 amide bonds. The molecule has 7 heteroatoms. The molecule has 5 nitrogen and oxygen atoms in total.